The van der Waals surface area contributed by atoms with E-state index in [0.717, 1.165) is 5.56 Å². The summed E-state index contributed by atoms with van der Waals surface area (Å²) in [5, 5.41) is 3.11. The van der Waals surface area contributed by atoms with E-state index in [-0.39, 0.29) is 5.04 Å². The van der Waals surface area contributed by atoms with E-state index < -0.39 is 27.3 Å². The third-order valence-corrected chi connectivity index (χ3v) is 9.28. The fourth-order valence-electron chi connectivity index (χ4n) is 2.21. The standard InChI is InChI=1S/C18H30F2N4OSi/c1-17(2,3)26(4,5)25-12-11-24(13-16-9-7-6-8-10-16)15-18(19,20)14-22-23-21/h6-10H,11-15H2,1-5H3. The van der Waals surface area contributed by atoms with Crippen LogP contribution < -0.4 is 0 Å². The van der Waals surface area contributed by atoms with Gasteiger partial charge in [-0.05, 0) is 29.2 Å². The largest absolute Gasteiger partial charge is 0.416 e. The van der Waals surface area contributed by atoms with Gasteiger partial charge in [-0.3, -0.25) is 4.90 Å². The third kappa shape index (κ3) is 7.82. The van der Waals surface area contributed by atoms with Gasteiger partial charge in [-0.2, -0.15) is 0 Å². The molecule has 1 aromatic carbocycles. The summed E-state index contributed by atoms with van der Waals surface area (Å²) in [5.41, 5.74) is 9.26. The molecule has 0 heterocycles. The molecule has 0 saturated carbocycles. The monoisotopic (exact) mass is 384 g/mol. The molecular weight excluding hydrogens is 354 g/mol. The van der Waals surface area contributed by atoms with E-state index in [9.17, 15) is 8.78 Å². The van der Waals surface area contributed by atoms with Crippen molar-refractivity contribution >= 4 is 8.32 Å². The molecule has 8 heteroatoms. The number of nitrogens with zero attached hydrogens (tertiary/aromatic N) is 4. The molecule has 146 valence electrons. The zero-order chi connectivity index (χ0) is 19.8. The van der Waals surface area contributed by atoms with Crippen LogP contribution in [0.15, 0.2) is 35.4 Å². The van der Waals surface area contributed by atoms with Crippen LogP contribution in [-0.2, 0) is 11.0 Å². The van der Waals surface area contributed by atoms with Crippen molar-refractivity contribution in [2.75, 3.05) is 26.2 Å². The molecule has 0 unspecified atom stereocenters. The second-order valence-electron chi connectivity index (χ2n) is 8.05. The Bertz CT molecular complexity index is 599. The summed E-state index contributed by atoms with van der Waals surface area (Å²) < 4.78 is 34.3. The van der Waals surface area contributed by atoms with Crippen LogP contribution in [0.5, 0.6) is 0 Å². The maximum absolute atomic E-state index is 14.1. The molecule has 0 radical (unpaired) electrons. The van der Waals surface area contributed by atoms with Gasteiger partial charge < -0.3 is 4.43 Å². The fraction of sp³-hybridized carbons (Fsp3) is 0.667. The Hall–Kier alpha value is -1.47. The molecule has 5 nitrogen and oxygen atoms in total. The number of alkyl halides is 2. The van der Waals surface area contributed by atoms with Crippen molar-refractivity contribution in [3.05, 3.63) is 46.3 Å². The van der Waals surface area contributed by atoms with Crippen LogP contribution in [0, 0.1) is 0 Å². The molecule has 0 aromatic heterocycles. The van der Waals surface area contributed by atoms with E-state index >= 15 is 0 Å². The Morgan fingerprint density at radius 3 is 2.35 bits per heavy atom. The highest BCUT2D eigenvalue weighted by molar-refractivity contribution is 6.74. The van der Waals surface area contributed by atoms with Gasteiger partial charge >= 0.3 is 0 Å². The van der Waals surface area contributed by atoms with Gasteiger partial charge in [0.05, 0.1) is 13.1 Å². The number of rotatable bonds is 10. The molecule has 0 aliphatic heterocycles. The van der Waals surface area contributed by atoms with Crippen LogP contribution in [0.3, 0.4) is 0 Å². The third-order valence-electron chi connectivity index (χ3n) is 4.75. The lowest BCUT2D eigenvalue weighted by Crippen LogP contribution is -2.44. The maximum atomic E-state index is 14.1. The minimum absolute atomic E-state index is 0.0721. The molecule has 0 bridgehead atoms. The lowest BCUT2D eigenvalue weighted by molar-refractivity contribution is -0.0279. The molecule has 0 spiro atoms. The highest BCUT2D eigenvalue weighted by Crippen LogP contribution is 2.36. The summed E-state index contributed by atoms with van der Waals surface area (Å²) in [5.74, 6) is -3.07. The van der Waals surface area contributed by atoms with Crippen molar-refractivity contribution in [1.82, 2.24) is 4.90 Å². The Labute approximate surface area is 156 Å². The number of azide groups is 1. The van der Waals surface area contributed by atoms with Crippen molar-refractivity contribution in [2.45, 2.75) is 51.4 Å². The molecule has 1 rings (SSSR count). The zero-order valence-electron chi connectivity index (χ0n) is 16.4. The lowest BCUT2D eigenvalue weighted by Gasteiger charge is -2.37. The molecule has 0 saturated heterocycles. The van der Waals surface area contributed by atoms with E-state index in [1.54, 1.807) is 4.90 Å². The van der Waals surface area contributed by atoms with Crippen molar-refractivity contribution in [3.63, 3.8) is 0 Å². The Balaban J connectivity index is 2.76. The van der Waals surface area contributed by atoms with Crippen LogP contribution in [0.1, 0.15) is 26.3 Å². The van der Waals surface area contributed by atoms with Crippen molar-refractivity contribution in [3.8, 4) is 0 Å². The average Bonchev–Trinajstić information content (AvgIpc) is 2.52. The molecule has 0 N–H and O–H groups in total. The Kier molecular flexibility index (Phi) is 8.21. The minimum Gasteiger partial charge on any atom is -0.416 e. The SMILES string of the molecule is CC(C)(C)[Si](C)(C)OCCN(Cc1ccccc1)CC(F)(F)CN=[N+]=[N-]. The number of hydrogen-bond acceptors (Lipinski definition) is 3. The minimum atomic E-state index is -3.07. The topological polar surface area (TPSA) is 61.2 Å². The number of halogens is 2. The zero-order valence-corrected chi connectivity index (χ0v) is 17.4. The Morgan fingerprint density at radius 1 is 1.19 bits per heavy atom. The maximum Gasteiger partial charge on any atom is 0.266 e. The first-order chi connectivity index (χ1) is 12.0. The molecule has 1 aromatic rings. The van der Waals surface area contributed by atoms with Crippen LogP contribution in [-0.4, -0.2) is 45.4 Å². The first kappa shape index (κ1) is 22.6. The van der Waals surface area contributed by atoms with Gasteiger partial charge in [-0.1, -0.05) is 56.2 Å². The quantitative estimate of drug-likeness (QED) is 0.233. The number of benzene rings is 1. The highest BCUT2D eigenvalue weighted by atomic mass is 28.4. The molecule has 0 aliphatic carbocycles. The predicted octanol–water partition coefficient (Wildman–Crippen LogP) is 5.46. The van der Waals surface area contributed by atoms with E-state index in [2.05, 4.69) is 43.9 Å². The van der Waals surface area contributed by atoms with Crippen LogP contribution in [0.4, 0.5) is 8.78 Å². The first-order valence-corrected chi connectivity index (χ1v) is 11.7. The van der Waals surface area contributed by atoms with Gasteiger partial charge in [0.1, 0.15) is 0 Å². The summed E-state index contributed by atoms with van der Waals surface area (Å²) in [4.78, 5) is 4.10. The van der Waals surface area contributed by atoms with E-state index in [1.807, 2.05) is 30.3 Å². The van der Waals surface area contributed by atoms with Crippen molar-refractivity contribution < 1.29 is 13.2 Å². The smallest absolute Gasteiger partial charge is 0.266 e. The van der Waals surface area contributed by atoms with Gasteiger partial charge in [0.2, 0.25) is 0 Å². The summed E-state index contributed by atoms with van der Waals surface area (Å²) in [7, 11) is -1.92. The molecule has 0 fully saturated rings. The van der Waals surface area contributed by atoms with Crippen LogP contribution in [0.2, 0.25) is 18.1 Å². The van der Waals surface area contributed by atoms with Crippen molar-refractivity contribution in [2.24, 2.45) is 5.11 Å². The van der Waals surface area contributed by atoms with E-state index in [0.29, 0.717) is 19.7 Å². The van der Waals surface area contributed by atoms with Gasteiger partial charge in [-0.15, -0.1) is 0 Å². The summed E-state index contributed by atoms with van der Waals surface area (Å²) >= 11 is 0. The Morgan fingerprint density at radius 2 is 1.81 bits per heavy atom. The molecule has 0 aliphatic rings. The molecule has 0 atom stereocenters. The van der Waals surface area contributed by atoms with Gasteiger partial charge in [0.15, 0.2) is 8.32 Å². The average molecular weight is 385 g/mol. The normalized spacial score (nSPS) is 12.9. The second-order valence-corrected chi connectivity index (χ2v) is 12.9. The fourth-order valence-corrected chi connectivity index (χ4v) is 3.25. The van der Waals surface area contributed by atoms with Crippen LogP contribution in [0.25, 0.3) is 10.4 Å². The molecule has 26 heavy (non-hydrogen) atoms. The molecular formula is C18H30F2N4OSi. The van der Waals surface area contributed by atoms with Crippen LogP contribution >= 0.6 is 0 Å². The number of hydrogen-bond donors (Lipinski definition) is 0. The van der Waals surface area contributed by atoms with E-state index in [1.165, 1.54) is 0 Å². The molecule has 0 amide bonds. The second kappa shape index (κ2) is 9.46. The lowest BCUT2D eigenvalue weighted by atomic mass is 10.2. The summed E-state index contributed by atoms with van der Waals surface area (Å²) in [6, 6.07) is 9.49. The van der Waals surface area contributed by atoms with Crippen molar-refractivity contribution in [1.29, 1.82) is 0 Å². The summed E-state index contributed by atoms with van der Waals surface area (Å²) in [6.07, 6.45) is 0. The van der Waals surface area contributed by atoms with Gasteiger partial charge in [0, 0.05) is 24.6 Å². The first-order valence-electron chi connectivity index (χ1n) is 8.76. The van der Waals surface area contributed by atoms with Gasteiger partial charge in [-0.25, -0.2) is 8.78 Å². The predicted molar refractivity (Wildman–Crippen MR) is 104 cm³/mol. The highest BCUT2D eigenvalue weighted by Gasteiger charge is 2.37. The van der Waals surface area contributed by atoms with E-state index in [4.69, 9.17) is 9.96 Å². The van der Waals surface area contributed by atoms with Gasteiger partial charge in [0.25, 0.3) is 5.92 Å². The summed E-state index contributed by atoms with van der Waals surface area (Å²) in [6.45, 7) is 10.6.